The number of aryl methyl sites for hydroxylation is 1. The number of carbonyl (C=O) groups excluding carboxylic acids is 1. The van der Waals surface area contributed by atoms with Crippen LogP contribution in [-0.4, -0.2) is 5.78 Å². The number of ketones is 1. The Hall–Kier alpha value is -1.48. The van der Waals surface area contributed by atoms with Gasteiger partial charge < -0.3 is 0 Å². The van der Waals surface area contributed by atoms with Crippen LogP contribution in [0.2, 0.25) is 0 Å². The van der Waals surface area contributed by atoms with Gasteiger partial charge in [0.05, 0.1) is 4.88 Å². The molecule has 3 heteroatoms. The number of hydrogen-bond acceptors (Lipinski definition) is 2. The maximum absolute atomic E-state index is 13.3. The predicted octanol–water partition coefficient (Wildman–Crippen LogP) is 3.62. The monoisotopic (exact) mass is 234 g/mol. The number of carbonyl (C=O) groups is 1. The molecule has 16 heavy (non-hydrogen) atoms. The predicted molar refractivity (Wildman–Crippen MR) is 63.5 cm³/mol. The fourth-order valence-electron chi connectivity index (χ4n) is 1.49. The minimum absolute atomic E-state index is 0.0248. The molecule has 2 aromatic rings. The summed E-state index contributed by atoms with van der Waals surface area (Å²) in [6, 6.07) is 10.1. The molecule has 2 rings (SSSR count). The highest BCUT2D eigenvalue weighted by atomic mass is 32.1. The van der Waals surface area contributed by atoms with Crippen molar-refractivity contribution in [3.63, 3.8) is 0 Å². The van der Waals surface area contributed by atoms with Crippen LogP contribution in [-0.2, 0) is 6.42 Å². The highest BCUT2D eigenvalue weighted by molar-refractivity contribution is 7.14. The third kappa shape index (κ3) is 2.36. The van der Waals surface area contributed by atoms with Gasteiger partial charge in [0.25, 0.3) is 0 Å². The van der Waals surface area contributed by atoms with Crippen molar-refractivity contribution in [2.45, 2.75) is 13.3 Å². The molecule has 0 amide bonds. The van der Waals surface area contributed by atoms with Crippen molar-refractivity contribution in [2.24, 2.45) is 0 Å². The van der Waals surface area contributed by atoms with E-state index in [-0.39, 0.29) is 18.0 Å². The molecule has 1 aromatic carbocycles. The van der Waals surface area contributed by atoms with Crippen LogP contribution >= 0.6 is 11.3 Å². The maximum Gasteiger partial charge on any atom is 0.177 e. The topological polar surface area (TPSA) is 17.1 Å². The summed E-state index contributed by atoms with van der Waals surface area (Å²) in [7, 11) is 0. The molecule has 0 spiro atoms. The van der Waals surface area contributed by atoms with Crippen LogP contribution in [0, 0.1) is 12.7 Å². The third-order valence-corrected chi connectivity index (χ3v) is 3.37. The summed E-state index contributed by atoms with van der Waals surface area (Å²) in [6.07, 6.45) is 0.132. The van der Waals surface area contributed by atoms with Gasteiger partial charge in [0.1, 0.15) is 5.82 Å². The van der Waals surface area contributed by atoms with Gasteiger partial charge in [0.2, 0.25) is 0 Å². The highest BCUT2D eigenvalue weighted by Crippen LogP contribution is 2.18. The van der Waals surface area contributed by atoms with Crippen molar-refractivity contribution in [2.75, 3.05) is 0 Å². The molecular formula is C13H11FOS. The zero-order valence-corrected chi connectivity index (χ0v) is 9.68. The second-order valence-corrected chi connectivity index (χ2v) is 4.89. The lowest BCUT2D eigenvalue weighted by Gasteiger charge is -2.00. The molecule has 0 aliphatic rings. The van der Waals surface area contributed by atoms with E-state index in [9.17, 15) is 9.18 Å². The third-order valence-electron chi connectivity index (χ3n) is 2.32. The van der Waals surface area contributed by atoms with Gasteiger partial charge in [-0.15, -0.1) is 11.3 Å². The molecule has 0 saturated carbocycles. The van der Waals surface area contributed by atoms with Gasteiger partial charge in [-0.1, -0.05) is 18.2 Å². The fourth-order valence-corrected chi connectivity index (χ4v) is 2.29. The molecule has 0 bridgehead atoms. The molecule has 0 fully saturated rings. The van der Waals surface area contributed by atoms with Crippen LogP contribution < -0.4 is 0 Å². The number of benzene rings is 1. The molecule has 0 unspecified atom stereocenters. The van der Waals surface area contributed by atoms with Crippen LogP contribution in [0.1, 0.15) is 20.1 Å². The zero-order chi connectivity index (χ0) is 11.5. The Morgan fingerprint density at radius 3 is 2.62 bits per heavy atom. The summed E-state index contributed by atoms with van der Waals surface area (Å²) in [5.41, 5.74) is 0.457. The van der Waals surface area contributed by atoms with E-state index in [2.05, 4.69) is 0 Å². The quantitative estimate of drug-likeness (QED) is 0.741. The van der Waals surface area contributed by atoms with Gasteiger partial charge in [-0.2, -0.15) is 0 Å². The summed E-state index contributed by atoms with van der Waals surface area (Å²) in [5, 5.41) is 0. The van der Waals surface area contributed by atoms with Gasteiger partial charge in [0.15, 0.2) is 5.78 Å². The lowest BCUT2D eigenvalue weighted by molar-refractivity contribution is 0.0995. The van der Waals surface area contributed by atoms with Gasteiger partial charge in [-0.3, -0.25) is 4.79 Å². The molecule has 0 saturated heterocycles. The molecule has 0 aliphatic heterocycles. The molecule has 0 radical (unpaired) electrons. The van der Waals surface area contributed by atoms with Gasteiger partial charge in [-0.05, 0) is 30.7 Å². The van der Waals surface area contributed by atoms with Crippen molar-refractivity contribution < 1.29 is 9.18 Å². The smallest absolute Gasteiger partial charge is 0.177 e. The Kier molecular flexibility index (Phi) is 3.15. The Balaban J connectivity index is 2.17. The van der Waals surface area contributed by atoms with E-state index in [1.54, 1.807) is 24.3 Å². The van der Waals surface area contributed by atoms with Crippen molar-refractivity contribution in [1.29, 1.82) is 0 Å². The van der Waals surface area contributed by atoms with E-state index in [1.165, 1.54) is 17.4 Å². The van der Waals surface area contributed by atoms with Crippen molar-refractivity contribution in [1.82, 2.24) is 0 Å². The molecule has 0 atom stereocenters. The molecule has 1 heterocycles. The van der Waals surface area contributed by atoms with Crippen LogP contribution in [0.4, 0.5) is 4.39 Å². The summed E-state index contributed by atoms with van der Waals surface area (Å²) < 4.78 is 13.3. The Morgan fingerprint density at radius 2 is 2.00 bits per heavy atom. The lowest BCUT2D eigenvalue weighted by atomic mass is 10.1. The SMILES string of the molecule is Cc1ccc(C(=O)Cc2ccccc2F)s1. The Bertz CT molecular complexity index is 516. The average molecular weight is 234 g/mol. The van der Waals surface area contributed by atoms with Gasteiger partial charge in [0, 0.05) is 11.3 Å². The fraction of sp³-hybridized carbons (Fsp3) is 0.154. The number of thiophene rings is 1. The summed E-state index contributed by atoms with van der Waals surface area (Å²) >= 11 is 1.45. The van der Waals surface area contributed by atoms with Crippen molar-refractivity contribution >= 4 is 17.1 Å². The number of rotatable bonds is 3. The molecule has 82 valence electrons. The molecule has 0 aliphatic carbocycles. The first-order valence-corrected chi connectivity index (χ1v) is 5.81. The average Bonchev–Trinajstić information content (AvgIpc) is 2.68. The maximum atomic E-state index is 13.3. The van der Waals surface area contributed by atoms with Crippen molar-refractivity contribution in [3.8, 4) is 0 Å². The minimum atomic E-state index is -0.316. The number of hydrogen-bond donors (Lipinski definition) is 0. The minimum Gasteiger partial charge on any atom is -0.293 e. The second-order valence-electron chi connectivity index (χ2n) is 3.60. The van der Waals surface area contributed by atoms with E-state index in [0.717, 1.165) is 4.88 Å². The Morgan fingerprint density at radius 1 is 1.25 bits per heavy atom. The molecule has 1 nitrogen and oxygen atoms in total. The van der Waals surface area contributed by atoms with Crippen LogP contribution in [0.5, 0.6) is 0 Å². The van der Waals surface area contributed by atoms with E-state index in [4.69, 9.17) is 0 Å². The van der Waals surface area contributed by atoms with Crippen LogP contribution in [0.3, 0.4) is 0 Å². The number of Topliss-reactive ketones (excluding diaryl/α,β-unsaturated/α-hetero) is 1. The standard InChI is InChI=1S/C13H11FOS/c1-9-6-7-13(16-9)12(15)8-10-4-2-3-5-11(10)14/h2-7H,8H2,1H3. The summed E-state index contributed by atoms with van der Waals surface area (Å²) in [4.78, 5) is 13.6. The normalized spacial score (nSPS) is 10.4. The summed E-state index contributed by atoms with van der Waals surface area (Å²) in [5.74, 6) is -0.340. The largest absolute Gasteiger partial charge is 0.293 e. The summed E-state index contributed by atoms with van der Waals surface area (Å²) in [6.45, 7) is 1.95. The molecular weight excluding hydrogens is 223 g/mol. The van der Waals surface area contributed by atoms with E-state index >= 15 is 0 Å². The lowest BCUT2D eigenvalue weighted by Crippen LogP contribution is -2.02. The van der Waals surface area contributed by atoms with E-state index in [0.29, 0.717) is 10.4 Å². The second kappa shape index (κ2) is 4.58. The van der Waals surface area contributed by atoms with Gasteiger partial charge in [-0.25, -0.2) is 4.39 Å². The van der Waals surface area contributed by atoms with Crippen LogP contribution in [0.25, 0.3) is 0 Å². The van der Waals surface area contributed by atoms with Gasteiger partial charge >= 0.3 is 0 Å². The first-order chi connectivity index (χ1) is 7.66. The zero-order valence-electron chi connectivity index (χ0n) is 8.87. The first kappa shape index (κ1) is 11.0. The molecule has 0 N–H and O–H groups in total. The highest BCUT2D eigenvalue weighted by Gasteiger charge is 2.11. The van der Waals surface area contributed by atoms with E-state index in [1.807, 2.05) is 13.0 Å². The Labute approximate surface area is 97.6 Å². The van der Waals surface area contributed by atoms with Crippen LogP contribution in [0.15, 0.2) is 36.4 Å². The molecule has 1 aromatic heterocycles. The van der Waals surface area contributed by atoms with Crippen molar-refractivity contribution in [3.05, 3.63) is 57.5 Å². The first-order valence-electron chi connectivity index (χ1n) is 5.00. The van der Waals surface area contributed by atoms with E-state index < -0.39 is 0 Å². The number of halogens is 1.